The molecular weight excluding hydrogens is 342 g/mol. The molecule has 1 aromatic heterocycles. The Hall–Kier alpha value is -1.73. The average Bonchev–Trinajstić information content (AvgIpc) is 3.05. The number of aromatic nitrogens is 1. The van der Waals surface area contributed by atoms with Gasteiger partial charge in [0.25, 0.3) is 0 Å². The van der Waals surface area contributed by atoms with E-state index in [0.717, 1.165) is 50.4 Å². The van der Waals surface area contributed by atoms with Gasteiger partial charge in [0.05, 0.1) is 30.6 Å². The molecule has 0 saturated carbocycles. The van der Waals surface area contributed by atoms with Crippen molar-refractivity contribution >= 4 is 0 Å². The van der Waals surface area contributed by atoms with Crippen LogP contribution in [0, 0.1) is 0 Å². The summed E-state index contributed by atoms with van der Waals surface area (Å²) in [6.07, 6.45) is 1.90. The highest BCUT2D eigenvalue weighted by Crippen LogP contribution is 2.23. The molecule has 3 atom stereocenters. The van der Waals surface area contributed by atoms with Crippen LogP contribution in [0.2, 0.25) is 0 Å². The number of benzene rings is 1. The van der Waals surface area contributed by atoms with Crippen molar-refractivity contribution in [2.45, 2.75) is 50.7 Å². The van der Waals surface area contributed by atoms with Gasteiger partial charge in [-0.1, -0.05) is 35.5 Å². The van der Waals surface area contributed by atoms with Gasteiger partial charge in [0, 0.05) is 25.6 Å². The number of hydrogen-bond acceptors (Lipinski definition) is 6. The lowest BCUT2D eigenvalue weighted by Gasteiger charge is -2.35. The van der Waals surface area contributed by atoms with E-state index in [4.69, 9.17) is 9.26 Å². The van der Waals surface area contributed by atoms with Gasteiger partial charge in [-0.05, 0) is 39.5 Å². The topological polar surface area (TPSA) is 62.0 Å². The smallest absolute Gasteiger partial charge is 0.150 e. The molecule has 1 aromatic carbocycles. The van der Waals surface area contributed by atoms with Crippen LogP contribution in [0.15, 0.2) is 40.9 Å². The summed E-state index contributed by atoms with van der Waals surface area (Å²) < 4.78 is 11.6. The zero-order chi connectivity index (χ0) is 19.2. The lowest BCUT2D eigenvalue weighted by atomic mass is 9.98. The Kier molecular flexibility index (Phi) is 7.01. The number of aliphatic hydroxyl groups is 1. The molecule has 1 fully saturated rings. The van der Waals surface area contributed by atoms with E-state index < -0.39 is 0 Å². The van der Waals surface area contributed by atoms with E-state index in [9.17, 15) is 5.11 Å². The zero-order valence-corrected chi connectivity index (χ0v) is 16.5. The summed E-state index contributed by atoms with van der Waals surface area (Å²) in [7, 11) is 6.07. The van der Waals surface area contributed by atoms with Crippen molar-refractivity contribution in [1.29, 1.82) is 0 Å². The Morgan fingerprint density at radius 1 is 1.11 bits per heavy atom. The summed E-state index contributed by atoms with van der Waals surface area (Å²) in [6, 6.07) is 12.4. The van der Waals surface area contributed by atoms with Gasteiger partial charge in [-0.2, -0.15) is 0 Å². The van der Waals surface area contributed by atoms with Crippen molar-refractivity contribution in [3.63, 3.8) is 0 Å². The minimum Gasteiger partial charge on any atom is -0.390 e. The first-order valence-corrected chi connectivity index (χ1v) is 9.65. The normalized spacial score (nSPS) is 23.3. The first-order valence-electron chi connectivity index (χ1n) is 9.65. The van der Waals surface area contributed by atoms with Crippen LogP contribution in [0.5, 0.6) is 0 Å². The molecule has 6 heteroatoms. The van der Waals surface area contributed by atoms with E-state index in [-0.39, 0.29) is 18.3 Å². The maximum atomic E-state index is 10.1. The fourth-order valence-electron chi connectivity index (χ4n) is 3.60. The standard InChI is InChI=1S/C21H31N3O3/c1-23(2)15-21-20(25)10-9-18(26-21)11-17-12-19(27-22-17)14-24(3)13-16-7-5-4-6-8-16/h4-8,12,18,20-21,25H,9-11,13-15H2,1-3H3/t18-,20-,21+/m0/s1. The Balaban J connectivity index is 1.50. The summed E-state index contributed by atoms with van der Waals surface area (Å²) >= 11 is 0. The van der Waals surface area contributed by atoms with E-state index in [1.807, 2.05) is 31.1 Å². The maximum absolute atomic E-state index is 10.1. The molecule has 2 heterocycles. The van der Waals surface area contributed by atoms with Crippen LogP contribution in [0.25, 0.3) is 0 Å². The second kappa shape index (κ2) is 9.46. The van der Waals surface area contributed by atoms with Crippen LogP contribution in [-0.2, 0) is 24.2 Å². The zero-order valence-electron chi connectivity index (χ0n) is 16.5. The maximum Gasteiger partial charge on any atom is 0.150 e. The van der Waals surface area contributed by atoms with Crippen LogP contribution in [0.1, 0.15) is 29.9 Å². The highest BCUT2D eigenvalue weighted by Gasteiger charge is 2.30. The fraction of sp³-hybridized carbons (Fsp3) is 0.571. The molecule has 1 aliphatic heterocycles. The summed E-state index contributed by atoms with van der Waals surface area (Å²) in [5.41, 5.74) is 2.20. The number of likely N-dealkylation sites (N-methyl/N-ethyl adjacent to an activating group) is 1. The first kappa shape index (κ1) is 20.0. The molecule has 27 heavy (non-hydrogen) atoms. The molecule has 0 radical (unpaired) electrons. The third-order valence-electron chi connectivity index (χ3n) is 4.89. The molecule has 1 saturated heterocycles. The predicted molar refractivity (Wildman–Crippen MR) is 104 cm³/mol. The van der Waals surface area contributed by atoms with Crippen LogP contribution >= 0.6 is 0 Å². The molecule has 1 aliphatic rings. The third kappa shape index (κ3) is 6.14. The van der Waals surface area contributed by atoms with Crippen molar-refractivity contribution in [1.82, 2.24) is 15.0 Å². The molecule has 0 spiro atoms. The van der Waals surface area contributed by atoms with Crippen LogP contribution in [0.3, 0.4) is 0 Å². The average molecular weight is 373 g/mol. The van der Waals surface area contributed by atoms with Gasteiger partial charge < -0.3 is 19.3 Å². The number of nitrogens with zero attached hydrogens (tertiary/aromatic N) is 3. The van der Waals surface area contributed by atoms with Crippen molar-refractivity contribution in [3.8, 4) is 0 Å². The van der Waals surface area contributed by atoms with Crippen molar-refractivity contribution in [2.75, 3.05) is 27.7 Å². The van der Waals surface area contributed by atoms with Gasteiger partial charge in [-0.15, -0.1) is 0 Å². The molecule has 1 N–H and O–H groups in total. The van der Waals surface area contributed by atoms with Crippen LogP contribution in [0.4, 0.5) is 0 Å². The number of rotatable bonds is 8. The highest BCUT2D eigenvalue weighted by atomic mass is 16.5. The molecule has 148 valence electrons. The van der Waals surface area contributed by atoms with Gasteiger partial charge >= 0.3 is 0 Å². The molecule has 3 rings (SSSR count). The summed E-state index contributed by atoms with van der Waals surface area (Å²) in [6.45, 7) is 2.31. The van der Waals surface area contributed by atoms with Gasteiger partial charge in [-0.3, -0.25) is 4.90 Å². The molecule has 0 aliphatic carbocycles. The number of ether oxygens (including phenoxy) is 1. The molecule has 0 amide bonds. The first-order chi connectivity index (χ1) is 13.0. The highest BCUT2D eigenvalue weighted by molar-refractivity contribution is 5.14. The van der Waals surface area contributed by atoms with Gasteiger partial charge in [0.1, 0.15) is 0 Å². The van der Waals surface area contributed by atoms with E-state index in [1.54, 1.807) is 0 Å². The van der Waals surface area contributed by atoms with Crippen LogP contribution < -0.4 is 0 Å². The molecule has 6 nitrogen and oxygen atoms in total. The van der Waals surface area contributed by atoms with E-state index in [2.05, 4.69) is 41.4 Å². The Labute approximate surface area is 161 Å². The Bertz CT molecular complexity index is 689. The Morgan fingerprint density at radius 2 is 1.89 bits per heavy atom. The molecule has 0 unspecified atom stereocenters. The quantitative estimate of drug-likeness (QED) is 0.766. The largest absolute Gasteiger partial charge is 0.390 e. The second-order valence-corrected chi connectivity index (χ2v) is 7.85. The lowest BCUT2D eigenvalue weighted by Crippen LogP contribution is -2.45. The molecule has 2 aromatic rings. The van der Waals surface area contributed by atoms with Gasteiger partial charge in [-0.25, -0.2) is 0 Å². The van der Waals surface area contributed by atoms with Crippen LogP contribution in [-0.4, -0.2) is 66.1 Å². The third-order valence-corrected chi connectivity index (χ3v) is 4.89. The fourth-order valence-corrected chi connectivity index (χ4v) is 3.60. The predicted octanol–water partition coefficient (Wildman–Crippen LogP) is 2.32. The molecular formula is C21H31N3O3. The molecule has 0 bridgehead atoms. The monoisotopic (exact) mass is 373 g/mol. The Morgan fingerprint density at radius 3 is 2.63 bits per heavy atom. The SMILES string of the molecule is CN(C)C[C@H]1O[C@H](Cc2cc(CN(C)Cc3ccccc3)on2)CC[C@@H]1O. The van der Waals surface area contributed by atoms with Crippen molar-refractivity contribution in [2.24, 2.45) is 0 Å². The lowest BCUT2D eigenvalue weighted by molar-refractivity contribution is -0.122. The van der Waals surface area contributed by atoms with Gasteiger partial charge in [0.15, 0.2) is 5.76 Å². The minimum absolute atomic E-state index is 0.0818. The van der Waals surface area contributed by atoms with Crippen molar-refractivity contribution < 1.29 is 14.4 Å². The van der Waals surface area contributed by atoms with E-state index in [0.29, 0.717) is 0 Å². The summed E-state index contributed by atoms with van der Waals surface area (Å²) in [4.78, 5) is 4.26. The van der Waals surface area contributed by atoms with E-state index >= 15 is 0 Å². The minimum atomic E-state index is -0.386. The summed E-state index contributed by atoms with van der Waals surface area (Å²) in [5, 5.41) is 14.4. The van der Waals surface area contributed by atoms with Crippen molar-refractivity contribution in [3.05, 3.63) is 53.4 Å². The summed E-state index contributed by atoms with van der Waals surface area (Å²) in [5.74, 6) is 0.865. The number of aliphatic hydroxyl groups excluding tert-OH is 1. The van der Waals surface area contributed by atoms with Gasteiger partial charge in [0.2, 0.25) is 0 Å². The van der Waals surface area contributed by atoms with E-state index in [1.165, 1.54) is 5.56 Å². The second-order valence-electron chi connectivity index (χ2n) is 7.85. The number of hydrogen-bond donors (Lipinski definition) is 1.